The first-order valence-electron chi connectivity index (χ1n) is 9.37. The molecule has 0 bridgehead atoms. The van der Waals surface area contributed by atoms with Crippen LogP contribution >= 0.6 is 11.3 Å². The van der Waals surface area contributed by atoms with E-state index in [1.165, 1.54) is 24.5 Å². The molecular formula is C22H19N5O3S. The van der Waals surface area contributed by atoms with Gasteiger partial charge in [-0.2, -0.15) is 5.10 Å². The highest BCUT2D eigenvalue weighted by molar-refractivity contribution is 7.18. The minimum absolute atomic E-state index is 0.309. The standard InChI is InChI=1S/C22H19N5O3S/c1-13-14(2)31-21-19(13)20(24-12-25-21)27-26-10-15-6-7-17(18(9-15)29-3)30-22(28)16-5-4-8-23-11-16/h4-12H,1-3H3,(H,24,25,27)/b26-10-. The van der Waals surface area contributed by atoms with E-state index in [4.69, 9.17) is 9.47 Å². The van der Waals surface area contributed by atoms with Gasteiger partial charge in [0, 0.05) is 17.3 Å². The highest BCUT2D eigenvalue weighted by atomic mass is 32.1. The van der Waals surface area contributed by atoms with Crippen molar-refractivity contribution in [2.75, 3.05) is 12.5 Å². The number of methoxy groups -OCH3 is 1. The molecular weight excluding hydrogens is 414 g/mol. The highest BCUT2D eigenvalue weighted by Crippen LogP contribution is 2.32. The molecule has 8 nitrogen and oxygen atoms in total. The molecule has 0 saturated heterocycles. The summed E-state index contributed by atoms with van der Waals surface area (Å²) >= 11 is 1.63. The summed E-state index contributed by atoms with van der Waals surface area (Å²) in [5.74, 6) is 0.860. The topological polar surface area (TPSA) is 98.6 Å². The van der Waals surface area contributed by atoms with Gasteiger partial charge < -0.3 is 9.47 Å². The number of aryl methyl sites for hydroxylation is 2. The third kappa shape index (κ3) is 4.36. The fourth-order valence-electron chi connectivity index (χ4n) is 2.93. The second kappa shape index (κ2) is 8.88. The summed E-state index contributed by atoms with van der Waals surface area (Å²) in [7, 11) is 1.51. The molecule has 3 heterocycles. The van der Waals surface area contributed by atoms with Crippen molar-refractivity contribution in [3.8, 4) is 11.5 Å². The fourth-order valence-corrected chi connectivity index (χ4v) is 3.92. The molecule has 1 N–H and O–H groups in total. The van der Waals surface area contributed by atoms with Gasteiger partial charge in [-0.05, 0) is 55.3 Å². The monoisotopic (exact) mass is 433 g/mol. The van der Waals surface area contributed by atoms with E-state index in [-0.39, 0.29) is 0 Å². The minimum atomic E-state index is -0.510. The Kier molecular flexibility index (Phi) is 5.85. The van der Waals surface area contributed by atoms with E-state index in [0.29, 0.717) is 22.9 Å². The SMILES string of the molecule is COc1cc(/C=N\Nc2ncnc3sc(C)c(C)c23)ccc1OC(=O)c1cccnc1. The number of hydrazone groups is 1. The molecule has 0 aliphatic carbocycles. The number of nitrogens with one attached hydrogen (secondary N) is 1. The lowest BCUT2D eigenvalue weighted by atomic mass is 10.2. The predicted octanol–water partition coefficient (Wildman–Crippen LogP) is 4.38. The van der Waals surface area contributed by atoms with Gasteiger partial charge in [-0.3, -0.25) is 10.4 Å². The molecule has 0 amide bonds. The number of aromatic nitrogens is 3. The normalized spacial score (nSPS) is 11.1. The van der Waals surface area contributed by atoms with Gasteiger partial charge in [0.25, 0.3) is 0 Å². The highest BCUT2D eigenvalue weighted by Gasteiger charge is 2.13. The summed E-state index contributed by atoms with van der Waals surface area (Å²) in [6.07, 6.45) is 6.19. The molecule has 156 valence electrons. The van der Waals surface area contributed by atoms with E-state index in [1.807, 2.05) is 6.92 Å². The number of esters is 1. The van der Waals surface area contributed by atoms with Crippen molar-refractivity contribution in [3.63, 3.8) is 0 Å². The van der Waals surface area contributed by atoms with E-state index in [1.54, 1.807) is 54.1 Å². The Balaban J connectivity index is 1.51. The molecule has 0 radical (unpaired) electrons. The van der Waals surface area contributed by atoms with Crippen LogP contribution in [-0.4, -0.2) is 34.2 Å². The molecule has 0 spiro atoms. The summed E-state index contributed by atoms with van der Waals surface area (Å²) in [6.45, 7) is 4.10. The molecule has 31 heavy (non-hydrogen) atoms. The van der Waals surface area contributed by atoms with E-state index in [2.05, 4.69) is 32.4 Å². The number of thiophene rings is 1. The largest absolute Gasteiger partial charge is 0.493 e. The first-order valence-corrected chi connectivity index (χ1v) is 10.2. The number of pyridine rings is 1. The maximum Gasteiger partial charge on any atom is 0.345 e. The van der Waals surface area contributed by atoms with E-state index >= 15 is 0 Å². The van der Waals surface area contributed by atoms with Gasteiger partial charge in [0.05, 0.1) is 24.3 Å². The van der Waals surface area contributed by atoms with Gasteiger partial charge in [-0.15, -0.1) is 11.3 Å². The maximum atomic E-state index is 12.3. The van der Waals surface area contributed by atoms with Crippen molar-refractivity contribution in [1.82, 2.24) is 15.0 Å². The summed E-state index contributed by atoms with van der Waals surface area (Å²) in [5, 5.41) is 5.26. The lowest BCUT2D eigenvalue weighted by molar-refractivity contribution is 0.0729. The quantitative estimate of drug-likeness (QED) is 0.209. The van der Waals surface area contributed by atoms with Crippen molar-refractivity contribution in [2.24, 2.45) is 5.10 Å². The molecule has 9 heteroatoms. The molecule has 0 fully saturated rings. The van der Waals surface area contributed by atoms with Crippen molar-refractivity contribution >= 4 is 39.6 Å². The Hall–Kier alpha value is -3.85. The van der Waals surface area contributed by atoms with Crippen molar-refractivity contribution in [2.45, 2.75) is 13.8 Å². The molecule has 0 aliphatic rings. The zero-order valence-electron chi connectivity index (χ0n) is 17.1. The van der Waals surface area contributed by atoms with Crippen molar-refractivity contribution < 1.29 is 14.3 Å². The number of ether oxygens (including phenoxy) is 2. The lowest BCUT2D eigenvalue weighted by Gasteiger charge is -2.09. The van der Waals surface area contributed by atoms with E-state index < -0.39 is 5.97 Å². The predicted molar refractivity (Wildman–Crippen MR) is 120 cm³/mol. The van der Waals surface area contributed by atoms with Crippen molar-refractivity contribution in [3.05, 3.63) is 70.6 Å². The van der Waals surface area contributed by atoms with E-state index in [9.17, 15) is 4.79 Å². The minimum Gasteiger partial charge on any atom is -0.493 e. The van der Waals surface area contributed by atoms with Gasteiger partial charge in [-0.1, -0.05) is 0 Å². The van der Waals surface area contributed by atoms with Crippen LogP contribution in [0.1, 0.15) is 26.4 Å². The van der Waals surface area contributed by atoms with Crippen LogP contribution in [0.5, 0.6) is 11.5 Å². The Labute approximate surface area is 182 Å². The smallest absolute Gasteiger partial charge is 0.345 e. The van der Waals surface area contributed by atoms with Crippen molar-refractivity contribution in [1.29, 1.82) is 0 Å². The Morgan fingerprint density at radius 3 is 2.84 bits per heavy atom. The van der Waals surface area contributed by atoms with Crippen LogP contribution in [0.15, 0.2) is 54.2 Å². The summed E-state index contributed by atoms with van der Waals surface area (Å²) in [6, 6.07) is 8.46. The van der Waals surface area contributed by atoms with Crippen LogP contribution in [0.25, 0.3) is 10.2 Å². The Morgan fingerprint density at radius 2 is 2.06 bits per heavy atom. The second-order valence-electron chi connectivity index (χ2n) is 6.60. The molecule has 0 unspecified atom stereocenters. The molecule has 0 aliphatic heterocycles. The van der Waals surface area contributed by atoms with Gasteiger partial charge in [0.2, 0.25) is 0 Å². The fraction of sp³-hybridized carbons (Fsp3) is 0.136. The van der Waals surface area contributed by atoms with Crippen LogP contribution in [-0.2, 0) is 0 Å². The first kappa shape index (κ1) is 20.4. The van der Waals surface area contributed by atoms with Crippen LogP contribution in [0.2, 0.25) is 0 Å². The average Bonchev–Trinajstić information content (AvgIpc) is 3.09. The average molecular weight is 433 g/mol. The van der Waals surface area contributed by atoms with Crippen LogP contribution in [0.4, 0.5) is 5.82 Å². The number of carbonyl (C=O) groups is 1. The molecule has 4 rings (SSSR count). The number of carbonyl (C=O) groups excluding carboxylic acids is 1. The van der Waals surface area contributed by atoms with Crippen LogP contribution in [0.3, 0.4) is 0 Å². The first-order chi connectivity index (χ1) is 15.1. The molecule has 1 aromatic carbocycles. The number of benzene rings is 1. The van der Waals surface area contributed by atoms with Gasteiger partial charge >= 0.3 is 5.97 Å². The van der Waals surface area contributed by atoms with Gasteiger partial charge in [0.15, 0.2) is 17.3 Å². The molecule has 4 aromatic rings. The third-order valence-corrected chi connectivity index (χ3v) is 5.75. The number of hydrogen-bond acceptors (Lipinski definition) is 9. The number of nitrogens with zero attached hydrogens (tertiary/aromatic N) is 4. The summed E-state index contributed by atoms with van der Waals surface area (Å²) in [5.41, 5.74) is 5.24. The summed E-state index contributed by atoms with van der Waals surface area (Å²) < 4.78 is 10.8. The van der Waals surface area contributed by atoms with Crippen LogP contribution < -0.4 is 14.9 Å². The maximum absolute atomic E-state index is 12.3. The zero-order chi connectivity index (χ0) is 21.8. The van der Waals surface area contributed by atoms with Crippen LogP contribution in [0, 0.1) is 13.8 Å². The molecule has 0 atom stereocenters. The Bertz CT molecular complexity index is 1270. The molecule has 3 aromatic heterocycles. The number of fused-ring (bicyclic) bond motifs is 1. The summed E-state index contributed by atoms with van der Waals surface area (Å²) in [4.78, 5) is 26.9. The van der Waals surface area contributed by atoms with Gasteiger partial charge in [0.1, 0.15) is 11.2 Å². The second-order valence-corrected chi connectivity index (χ2v) is 7.80. The lowest BCUT2D eigenvalue weighted by Crippen LogP contribution is -2.09. The molecule has 0 saturated carbocycles. The number of anilines is 1. The zero-order valence-corrected chi connectivity index (χ0v) is 17.9. The Morgan fingerprint density at radius 1 is 1.19 bits per heavy atom. The van der Waals surface area contributed by atoms with E-state index in [0.717, 1.165) is 21.3 Å². The number of rotatable bonds is 6. The van der Waals surface area contributed by atoms with Gasteiger partial charge in [-0.25, -0.2) is 14.8 Å². The number of hydrogen-bond donors (Lipinski definition) is 1. The third-order valence-electron chi connectivity index (χ3n) is 4.64.